The molecule has 1 fully saturated rings. The highest BCUT2D eigenvalue weighted by atomic mass is 19.4. The largest absolute Gasteiger partial charge is 0.433 e. The zero-order chi connectivity index (χ0) is 15.0. The van der Waals surface area contributed by atoms with Crippen LogP contribution >= 0.6 is 0 Å². The van der Waals surface area contributed by atoms with Gasteiger partial charge in [-0.3, -0.25) is 4.79 Å². The minimum Gasteiger partial charge on any atom is -0.325 e. The molecule has 7 heteroatoms. The molecule has 2 aromatic heterocycles. The molecule has 0 spiro atoms. The van der Waals surface area contributed by atoms with E-state index in [1.165, 1.54) is 6.07 Å². The first-order valence-electron chi connectivity index (χ1n) is 6.77. The van der Waals surface area contributed by atoms with Crippen molar-refractivity contribution in [3.8, 4) is 0 Å². The van der Waals surface area contributed by atoms with Crippen molar-refractivity contribution >= 4 is 10.9 Å². The summed E-state index contributed by atoms with van der Waals surface area (Å²) in [4.78, 5) is 18.4. The van der Waals surface area contributed by atoms with E-state index in [1.807, 2.05) is 0 Å². The fourth-order valence-corrected chi connectivity index (χ4v) is 2.65. The number of halogens is 3. The third kappa shape index (κ3) is 2.78. The van der Waals surface area contributed by atoms with Crippen LogP contribution in [0.3, 0.4) is 0 Å². The Morgan fingerprint density at radius 3 is 2.76 bits per heavy atom. The maximum atomic E-state index is 12.7. The van der Waals surface area contributed by atoms with Crippen molar-refractivity contribution in [2.24, 2.45) is 0 Å². The Morgan fingerprint density at radius 1 is 1.29 bits per heavy atom. The SMILES string of the molecule is O=c1[nH]c(C2CCCNC2)cc2nc(C(F)(F)F)ccc12. The van der Waals surface area contributed by atoms with Gasteiger partial charge in [0.05, 0.1) is 10.9 Å². The number of rotatable bonds is 1. The number of aromatic amines is 1. The molecule has 3 heterocycles. The monoisotopic (exact) mass is 297 g/mol. The molecule has 1 atom stereocenters. The molecule has 2 N–H and O–H groups in total. The molecule has 21 heavy (non-hydrogen) atoms. The smallest absolute Gasteiger partial charge is 0.325 e. The zero-order valence-electron chi connectivity index (χ0n) is 11.1. The third-order valence-corrected chi connectivity index (χ3v) is 3.75. The van der Waals surface area contributed by atoms with Crippen LogP contribution in [-0.4, -0.2) is 23.1 Å². The molecule has 0 aromatic carbocycles. The Balaban J connectivity index is 2.10. The second-order valence-electron chi connectivity index (χ2n) is 5.22. The van der Waals surface area contributed by atoms with Crippen LogP contribution in [0.15, 0.2) is 23.0 Å². The minimum absolute atomic E-state index is 0.0918. The molecule has 1 unspecified atom stereocenters. The van der Waals surface area contributed by atoms with Gasteiger partial charge in [0.25, 0.3) is 5.56 Å². The third-order valence-electron chi connectivity index (χ3n) is 3.75. The predicted octanol–water partition coefficient (Wildman–Crippen LogP) is 2.41. The Hall–Kier alpha value is -1.89. The van der Waals surface area contributed by atoms with Crippen molar-refractivity contribution in [1.82, 2.24) is 15.3 Å². The van der Waals surface area contributed by atoms with Crippen LogP contribution in [0.4, 0.5) is 13.2 Å². The number of alkyl halides is 3. The van der Waals surface area contributed by atoms with Gasteiger partial charge in [0.2, 0.25) is 0 Å². The summed E-state index contributed by atoms with van der Waals surface area (Å²) in [5.41, 5.74) is -0.636. The predicted molar refractivity (Wildman–Crippen MR) is 72.2 cm³/mol. The molecule has 1 aliphatic rings. The minimum atomic E-state index is -4.51. The molecule has 0 radical (unpaired) electrons. The van der Waals surface area contributed by atoms with Gasteiger partial charge in [0.15, 0.2) is 0 Å². The van der Waals surface area contributed by atoms with Crippen LogP contribution in [0.25, 0.3) is 10.9 Å². The van der Waals surface area contributed by atoms with Crippen molar-refractivity contribution in [3.63, 3.8) is 0 Å². The number of pyridine rings is 2. The average molecular weight is 297 g/mol. The first kappa shape index (κ1) is 14.1. The van der Waals surface area contributed by atoms with E-state index < -0.39 is 17.4 Å². The van der Waals surface area contributed by atoms with E-state index in [2.05, 4.69) is 15.3 Å². The maximum absolute atomic E-state index is 12.7. The van der Waals surface area contributed by atoms with Gasteiger partial charge in [0, 0.05) is 18.2 Å². The van der Waals surface area contributed by atoms with Crippen LogP contribution < -0.4 is 10.9 Å². The van der Waals surface area contributed by atoms with E-state index in [0.717, 1.165) is 25.5 Å². The van der Waals surface area contributed by atoms with E-state index in [-0.39, 0.29) is 16.8 Å². The van der Waals surface area contributed by atoms with Gasteiger partial charge in [-0.25, -0.2) is 4.98 Å². The lowest BCUT2D eigenvalue weighted by molar-refractivity contribution is -0.140. The van der Waals surface area contributed by atoms with E-state index >= 15 is 0 Å². The molecule has 0 amide bonds. The molecular weight excluding hydrogens is 283 g/mol. The highest BCUT2D eigenvalue weighted by Gasteiger charge is 2.32. The molecule has 0 aliphatic carbocycles. The van der Waals surface area contributed by atoms with Crippen molar-refractivity contribution in [2.75, 3.05) is 13.1 Å². The van der Waals surface area contributed by atoms with Crippen LogP contribution in [0, 0.1) is 0 Å². The molecule has 4 nitrogen and oxygen atoms in total. The van der Waals surface area contributed by atoms with Gasteiger partial charge in [0.1, 0.15) is 5.69 Å². The first-order valence-corrected chi connectivity index (χ1v) is 6.77. The van der Waals surface area contributed by atoms with Gasteiger partial charge in [-0.05, 0) is 37.6 Å². The summed E-state index contributed by atoms with van der Waals surface area (Å²) < 4.78 is 38.1. The quantitative estimate of drug-likeness (QED) is 0.850. The highest BCUT2D eigenvalue weighted by Crippen LogP contribution is 2.29. The molecule has 1 aliphatic heterocycles. The van der Waals surface area contributed by atoms with Gasteiger partial charge >= 0.3 is 6.18 Å². The molecule has 112 valence electrons. The molecule has 1 saturated heterocycles. The fraction of sp³-hybridized carbons (Fsp3) is 0.429. The Bertz CT molecular complexity index is 717. The number of aromatic nitrogens is 2. The number of nitrogens with one attached hydrogen (secondary N) is 2. The summed E-state index contributed by atoms with van der Waals surface area (Å²) >= 11 is 0. The summed E-state index contributed by atoms with van der Waals surface area (Å²) in [5, 5.41) is 3.39. The number of H-pyrrole nitrogens is 1. The van der Waals surface area contributed by atoms with Crippen LogP contribution in [-0.2, 0) is 6.18 Å². The normalized spacial score (nSPS) is 19.9. The van der Waals surface area contributed by atoms with E-state index in [0.29, 0.717) is 12.2 Å². The lowest BCUT2D eigenvalue weighted by atomic mass is 9.95. The fourth-order valence-electron chi connectivity index (χ4n) is 2.65. The molecule has 2 aromatic rings. The zero-order valence-corrected chi connectivity index (χ0v) is 11.1. The van der Waals surface area contributed by atoms with E-state index in [9.17, 15) is 18.0 Å². The Morgan fingerprint density at radius 2 is 2.10 bits per heavy atom. The van der Waals surface area contributed by atoms with Gasteiger partial charge in [-0.1, -0.05) is 0 Å². The molecular formula is C14H14F3N3O. The first-order chi connectivity index (χ1) is 9.95. The summed E-state index contributed by atoms with van der Waals surface area (Å²) in [6.45, 7) is 1.63. The summed E-state index contributed by atoms with van der Waals surface area (Å²) in [6, 6.07) is 3.57. The standard InChI is InChI=1S/C14H14F3N3O/c15-14(16,17)12-4-3-9-11(19-12)6-10(20-13(9)21)8-2-1-5-18-7-8/h3-4,6,8,18H,1-2,5,7H2,(H,20,21). The van der Waals surface area contributed by atoms with Gasteiger partial charge in [-0.2, -0.15) is 13.2 Å². The second-order valence-corrected chi connectivity index (χ2v) is 5.22. The van der Waals surface area contributed by atoms with Crippen molar-refractivity contribution < 1.29 is 13.2 Å². The van der Waals surface area contributed by atoms with Crippen LogP contribution in [0.2, 0.25) is 0 Å². The maximum Gasteiger partial charge on any atom is 0.433 e. The number of fused-ring (bicyclic) bond motifs is 1. The Kier molecular flexibility index (Phi) is 3.44. The number of hydrogen-bond acceptors (Lipinski definition) is 3. The van der Waals surface area contributed by atoms with E-state index in [1.54, 1.807) is 6.07 Å². The molecule has 0 saturated carbocycles. The summed E-state index contributed by atoms with van der Waals surface area (Å²) in [7, 11) is 0. The van der Waals surface area contributed by atoms with Crippen LogP contribution in [0.1, 0.15) is 30.1 Å². The van der Waals surface area contributed by atoms with Gasteiger partial charge < -0.3 is 10.3 Å². The number of hydrogen-bond donors (Lipinski definition) is 2. The van der Waals surface area contributed by atoms with E-state index in [4.69, 9.17) is 0 Å². The molecule has 3 rings (SSSR count). The van der Waals surface area contributed by atoms with Crippen LogP contribution in [0.5, 0.6) is 0 Å². The average Bonchev–Trinajstić information content (AvgIpc) is 2.46. The lowest BCUT2D eigenvalue weighted by Gasteiger charge is -2.22. The summed E-state index contributed by atoms with van der Waals surface area (Å²) in [5.74, 6) is 0.104. The Labute approximate surface area is 118 Å². The lowest BCUT2D eigenvalue weighted by Crippen LogP contribution is -2.29. The topological polar surface area (TPSA) is 57.8 Å². The van der Waals surface area contributed by atoms with Gasteiger partial charge in [-0.15, -0.1) is 0 Å². The highest BCUT2D eigenvalue weighted by molar-refractivity contribution is 5.78. The van der Waals surface area contributed by atoms with Crippen molar-refractivity contribution in [1.29, 1.82) is 0 Å². The van der Waals surface area contributed by atoms with Crippen molar-refractivity contribution in [3.05, 3.63) is 39.9 Å². The second kappa shape index (κ2) is 5.14. The summed E-state index contributed by atoms with van der Waals surface area (Å²) in [6.07, 6.45) is -2.64. The number of nitrogens with zero attached hydrogens (tertiary/aromatic N) is 1. The van der Waals surface area contributed by atoms with Crippen molar-refractivity contribution in [2.45, 2.75) is 24.9 Å². The molecule has 0 bridgehead atoms. The number of piperidine rings is 1.